The van der Waals surface area contributed by atoms with Gasteiger partial charge in [-0.2, -0.15) is 0 Å². The Hall–Kier alpha value is -1.06. The van der Waals surface area contributed by atoms with Crippen molar-refractivity contribution >= 4 is 0 Å². The van der Waals surface area contributed by atoms with Crippen molar-refractivity contribution in [3.8, 4) is 0 Å². The molecule has 0 rings (SSSR count). The Kier molecular flexibility index (Phi) is 2.61. The highest BCUT2D eigenvalue weighted by Crippen LogP contribution is 1.95. The van der Waals surface area contributed by atoms with Crippen molar-refractivity contribution in [3.63, 3.8) is 0 Å². The zero-order valence-corrected chi connectivity index (χ0v) is 4.92. The molecule has 0 N–H and O–H groups in total. The summed E-state index contributed by atoms with van der Waals surface area (Å²) in [5.74, 6) is 0.236. The van der Waals surface area contributed by atoms with Crippen LogP contribution < -0.4 is 0 Å². The van der Waals surface area contributed by atoms with Crippen LogP contribution in [-0.2, 0) is 4.74 Å². The number of ether oxygens (including phenoxy) is 1. The van der Waals surface area contributed by atoms with Gasteiger partial charge in [0.2, 0.25) is 5.88 Å². The lowest BCUT2D eigenvalue weighted by atomic mass is 10.8. The van der Waals surface area contributed by atoms with Crippen molar-refractivity contribution in [1.29, 1.82) is 0 Å². The summed E-state index contributed by atoms with van der Waals surface area (Å²) in [4.78, 5) is 9.64. The van der Waals surface area contributed by atoms with Gasteiger partial charge in [-0.25, -0.2) is 5.01 Å². The van der Waals surface area contributed by atoms with Gasteiger partial charge in [0.05, 0.1) is 12.4 Å². The maximum Gasteiger partial charge on any atom is 0.204 e. The van der Waals surface area contributed by atoms with Crippen molar-refractivity contribution < 1.29 is 4.74 Å². The van der Waals surface area contributed by atoms with Gasteiger partial charge < -0.3 is 4.74 Å². The molecule has 0 aliphatic carbocycles. The molecule has 0 heterocycles. The lowest BCUT2D eigenvalue weighted by molar-refractivity contribution is 0.179. The van der Waals surface area contributed by atoms with Crippen molar-refractivity contribution in [2.45, 2.75) is 0 Å². The first-order valence-electron chi connectivity index (χ1n) is 2.02. The van der Waals surface area contributed by atoms with E-state index < -0.39 is 0 Å². The van der Waals surface area contributed by atoms with Crippen LogP contribution in [0.2, 0.25) is 0 Å². The maximum atomic E-state index is 9.64. The van der Waals surface area contributed by atoms with E-state index in [1.807, 2.05) is 0 Å². The second kappa shape index (κ2) is 3.01. The first-order valence-corrected chi connectivity index (χ1v) is 2.02. The van der Waals surface area contributed by atoms with E-state index in [4.69, 9.17) is 0 Å². The molecule has 0 saturated carbocycles. The van der Waals surface area contributed by atoms with Crippen LogP contribution in [0.25, 0.3) is 0 Å². The Morgan fingerprint density at radius 3 is 2.50 bits per heavy atom. The van der Waals surface area contributed by atoms with Crippen LogP contribution in [0.5, 0.6) is 0 Å². The predicted octanol–water partition coefficient (Wildman–Crippen LogP) is 0.717. The second-order valence-electron chi connectivity index (χ2n) is 1.20. The quantitative estimate of drug-likeness (QED) is 0.310. The molecule has 0 atom stereocenters. The summed E-state index contributed by atoms with van der Waals surface area (Å²) < 4.78 is 4.54. The van der Waals surface area contributed by atoms with E-state index in [2.05, 4.69) is 16.6 Å². The fourth-order valence-corrected chi connectivity index (χ4v) is 0.178. The zero-order chi connectivity index (χ0) is 6.57. The van der Waals surface area contributed by atoms with Crippen LogP contribution in [0.3, 0.4) is 0 Å². The van der Waals surface area contributed by atoms with Gasteiger partial charge in [-0.3, -0.25) is 0 Å². The minimum atomic E-state index is 0.236. The molecule has 0 unspecified atom stereocenters. The molecule has 0 amide bonds. The third-order valence-corrected chi connectivity index (χ3v) is 0.719. The Balaban J connectivity index is 3.62. The van der Waals surface area contributed by atoms with Crippen molar-refractivity contribution in [3.05, 3.63) is 17.4 Å². The topological polar surface area (TPSA) is 41.9 Å². The van der Waals surface area contributed by atoms with Gasteiger partial charge in [0.15, 0.2) is 0 Å². The van der Waals surface area contributed by atoms with Crippen molar-refractivity contribution in [2.75, 3.05) is 14.2 Å². The number of nitroso groups, excluding NO2 is 1. The Labute approximate surface area is 47.7 Å². The first-order chi connectivity index (χ1) is 3.72. The monoisotopic (exact) mass is 116 g/mol. The van der Waals surface area contributed by atoms with Gasteiger partial charge in [-0.15, -0.1) is 4.91 Å². The highest BCUT2D eigenvalue weighted by molar-refractivity contribution is 4.76. The smallest absolute Gasteiger partial charge is 0.204 e. The molecule has 0 bridgehead atoms. The highest BCUT2D eigenvalue weighted by Gasteiger charge is 1.96. The van der Waals surface area contributed by atoms with Crippen molar-refractivity contribution in [2.24, 2.45) is 5.29 Å². The standard InChI is InChI=1S/C4H8N2O2/c1-4(8-3)6(2)5-7/h1H2,2-3H3. The van der Waals surface area contributed by atoms with E-state index in [0.29, 0.717) is 0 Å². The van der Waals surface area contributed by atoms with E-state index in [1.165, 1.54) is 14.2 Å². The van der Waals surface area contributed by atoms with Crippen LogP contribution in [0.4, 0.5) is 0 Å². The van der Waals surface area contributed by atoms with E-state index in [1.54, 1.807) is 0 Å². The maximum absolute atomic E-state index is 9.64. The summed E-state index contributed by atoms with van der Waals surface area (Å²) in [5.41, 5.74) is 0. The van der Waals surface area contributed by atoms with Crippen molar-refractivity contribution in [1.82, 2.24) is 5.01 Å². The molecule has 4 nitrogen and oxygen atoms in total. The third-order valence-electron chi connectivity index (χ3n) is 0.719. The van der Waals surface area contributed by atoms with Crippen LogP contribution in [-0.4, -0.2) is 19.2 Å². The molecule has 4 heteroatoms. The molecule has 46 valence electrons. The molecule has 0 aromatic heterocycles. The Morgan fingerprint density at radius 2 is 2.38 bits per heavy atom. The van der Waals surface area contributed by atoms with E-state index in [-0.39, 0.29) is 5.88 Å². The van der Waals surface area contributed by atoms with Crippen LogP contribution in [0.1, 0.15) is 0 Å². The van der Waals surface area contributed by atoms with Gasteiger partial charge in [0.25, 0.3) is 0 Å². The molecule has 0 aliphatic heterocycles. The molecule has 0 aromatic rings. The highest BCUT2D eigenvalue weighted by atomic mass is 16.5. The second-order valence-corrected chi connectivity index (χ2v) is 1.20. The summed E-state index contributed by atoms with van der Waals surface area (Å²) in [6, 6.07) is 0. The van der Waals surface area contributed by atoms with Crippen LogP contribution in [0, 0.1) is 4.91 Å². The fourth-order valence-electron chi connectivity index (χ4n) is 0.178. The third kappa shape index (κ3) is 1.59. The minimum absolute atomic E-state index is 0.236. The average Bonchev–Trinajstić information content (AvgIpc) is 1.84. The summed E-state index contributed by atoms with van der Waals surface area (Å²) in [5, 5.41) is 3.52. The molecule has 0 spiro atoms. The van der Waals surface area contributed by atoms with Crippen LogP contribution >= 0.6 is 0 Å². The minimum Gasteiger partial charge on any atom is -0.482 e. The van der Waals surface area contributed by atoms with Crippen LogP contribution in [0.15, 0.2) is 17.7 Å². The lowest BCUT2D eigenvalue weighted by Crippen LogP contribution is -2.08. The molecular formula is C4H8N2O2. The summed E-state index contributed by atoms with van der Waals surface area (Å²) in [6.45, 7) is 3.35. The summed E-state index contributed by atoms with van der Waals surface area (Å²) in [6.07, 6.45) is 0. The van der Waals surface area contributed by atoms with Gasteiger partial charge in [0.1, 0.15) is 0 Å². The lowest BCUT2D eigenvalue weighted by Gasteiger charge is -2.07. The van der Waals surface area contributed by atoms with E-state index >= 15 is 0 Å². The number of rotatable bonds is 3. The number of hydrogen-bond acceptors (Lipinski definition) is 3. The fraction of sp³-hybridized carbons (Fsp3) is 0.500. The largest absolute Gasteiger partial charge is 0.482 e. The molecule has 0 aliphatic rings. The van der Waals surface area contributed by atoms with E-state index in [9.17, 15) is 4.91 Å². The van der Waals surface area contributed by atoms with Gasteiger partial charge in [0, 0.05) is 7.05 Å². The summed E-state index contributed by atoms with van der Waals surface area (Å²) >= 11 is 0. The number of nitrogens with zero attached hydrogens (tertiary/aromatic N) is 2. The Bertz CT molecular complexity index is 102. The normalized spacial score (nSPS) is 7.75. The first kappa shape index (κ1) is 6.94. The molecule has 0 aromatic carbocycles. The number of hydrogen-bond donors (Lipinski definition) is 0. The SMILES string of the molecule is C=C(OC)N(C)N=O. The zero-order valence-electron chi connectivity index (χ0n) is 4.92. The molecule has 0 saturated heterocycles. The predicted molar refractivity (Wildman–Crippen MR) is 29.7 cm³/mol. The molecule has 0 fully saturated rings. The Morgan fingerprint density at radius 1 is 1.88 bits per heavy atom. The van der Waals surface area contributed by atoms with Gasteiger partial charge in [-0.1, -0.05) is 0 Å². The van der Waals surface area contributed by atoms with Gasteiger partial charge >= 0.3 is 0 Å². The molecule has 8 heavy (non-hydrogen) atoms. The summed E-state index contributed by atoms with van der Waals surface area (Å²) in [7, 11) is 2.88. The molecule has 0 radical (unpaired) electrons. The van der Waals surface area contributed by atoms with E-state index in [0.717, 1.165) is 5.01 Å². The number of methoxy groups -OCH3 is 1. The molecular weight excluding hydrogens is 108 g/mol. The average molecular weight is 116 g/mol. The van der Waals surface area contributed by atoms with Gasteiger partial charge in [-0.05, 0) is 6.58 Å².